The SMILES string of the molecule is CCOC1(c2nc(CC)cc(NC)n2)CCCCC1. The second-order valence-corrected chi connectivity index (χ2v) is 5.16. The lowest BCUT2D eigenvalue weighted by molar-refractivity contribution is -0.0767. The van der Waals surface area contributed by atoms with E-state index in [2.05, 4.69) is 24.1 Å². The average Bonchev–Trinajstić information content (AvgIpc) is 2.48. The molecule has 0 bridgehead atoms. The third kappa shape index (κ3) is 3.06. The Morgan fingerprint density at radius 2 is 1.95 bits per heavy atom. The van der Waals surface area contributed by atoms with Gasteiger partial charge in [0.25, 0.3) is 0 Å². The van der Waals surface area contributed by atoms with Crippen LogP contribution in [0, 0.1) is 0 Å². The monoisotopic (exact) mass is 263 g/mol. The predicted molar refractivity (Wildman–Crippen MR) is 77.3 cm³/mol. The molecule has 1 aliphatic rings. The van der Waals surface area contributed by atoms with E-state index in [9.17, 15) is 0 Å². The van der Waals surface area contributed by atoms with E-state index in [1.54, 1.807) is 0 Å². The standard InChI is InChI=1S/C15H25N3O/c1-4-12-11-13(16-3)18-14(17-12)15(19-5-2)9-7-6-8-10-15/h11H,4-10H2,1-3H3,(H,16,17,18). The molecule has 0 spiro atoms. The molecule has 1 aromatic heterocycles. The topological polar surface area (TPSA) is 47.0 Å². The van der Waals surface area contributed by atoms with E-state index in [4.69, 9.17) is 9.72 Å². The van der Waals surface area contributed by atoms with Gasteiger partial charge in [-0.25, -0.2) is 9.97 Å². The van der Waals surface area contributed by atoms with Crippen LogP contribution in [0.15, 0.2) is 6.07 Å². The highest BCUT2D eigenvalue weighted by Crippen LogP contribution is 2.39. The van der Waals surface area contributed by atoms with Gasteiger partial charge in [-0.1, -0.05) is 26.2 Å². The number of hydrogen-bond donors (Lipinski definition) is 1. The number of nitrogens with one attached hydrogen (secondary N) is 1. The fraction of sp³-hybridized carbons (Fsp3) is 0.733. The number of aryl methyl sites for hydroxylation is 1. The van der Waals surface area contributed by atoms with Crippen molar-refractivity contribution in [3.8, 4) is 0 Å². The van der Waals surface area contributed by atoms with Crippen molar-refractivity contribution in [2.45, 2.75) is 58.0 Å². The van der Waals surface area contributed by atoms with E-state index < -0.39 is 0 Å². The Hall–Kier alpha value is -1.16. The van der Waals surface area contributed by atoms with Gasteiger partial charge in [-0.3, -0.25) is 0 Å². The number of hydrogen-bond acceptors (Lipinski definition) is 4. The summed E-state index contributed by atoms with van der Waals surface area (Å²) < 4.78 is 6.10. The van der Waals surface area contributed by atoms with E-state index in [-0.39, 0.29) is 5.60 Å². The van der Waals surface area contributed by atoms with Crippen LogP contribution in [0.1, 0.15) is 57.5 Å². The third-order valence-corrected chi connectivity index (χ3v) is 3.89. The molecule has 1 aromatic rings. The van der Waals surface area contributed by atoms with Crippen LogP contribution >= 0.6 is 0 Å². The number of ether oxygens (including phenoxy) is 1. The number of rotatable bonds is 5. The third-order valence-electron chi connectivity index (χ3n) is 3.89. The predicted octanol–water partition coefficient (Wildman–Crippen LogP) is 3.28. The van der Waals surface area contributed by atoms with Crippen LogP contribution in [0.3, 0.4) is 0 Å². The fourth-order valence-electron chi connectivity index (χ4n) is 2.84. The molecule has 4 heteroatoms. The molecule has 0 saturated heterocycles. The van der Waals surface area contributed by atoms with Gasteiger partial charge in [0.1, 0.15) is 11.4 Å². The lowest BCUT2D eigenvalue weighted by Gasteiger charge is -2.35. The zero-order chi connectivity index (χ0) is 13.7. The molecule has 0 aliphatic heterocycles. The van der Waals surface area contributed by atoms with Gasteiger partial charge in [0.05, 0.1) is 0 Å². The molecular formula is C15H25N3O. The Morgan fingerprint density at radius 3 is 2.53 bits per heavy atom. The molecule has 2 rings (SSSR count). The minimum absolute atomic E-state index is 0.260. The normalized spacial score (nSPS) is 18.3. The van der Waals surface area contributed by atoms with Crippen LogP contribution in [0.2, 0.25) is 0 Å². The first-order valence-electron chi connectivity index (χ1n) is 7.44. The first-order chi connectivity index (χ1) is 9.24. The van der Waals surface area contributed by atoms with Crippen molar-refractivity contribution in [1.82, 2.24) is 9.97 Å². The fourth-order valence-corrected chi connectivity index (χ4v) is 2.84. The van der Waals surface area contributed by atoms with Gasteiger partial charge in [-0.2, -0.15) is 0 Å². The Kier molecular flexibility index (Phi) is 4.75. The average molecular weight is 263 g/mol. The first kappa shape index (κ1) is 14.3. The summed E-state index contributed by atoms with van der Waals surface area (Å²) in [6, 6.07) is 2.02. The van der Waals surface area contributed by atoms with Gasteiger partial charge in [0.15, 0.2) is 5.82 Å². The molecule has 1 N–H and O–H groups in total. The molecule has 0 unspecified atom stereocenters. The van der Waals surface area contributed by atoms with Gasteiger partial charge in [0.2, 0.25) is 0 Å². The lowest BCUT2D eigenvalue weighted by atomic mass is 9.83. The van der Waals surface area contributed by atoms with E-state index in [1.807, 2.05) is 13.1 Å². The van der Waals surface area contributed by atoms with Crippen LogP contribution in [-0.4, -0.2) is 23.6 Å². The number of aromatic nitrogens is 2. The molecule has 1 saturated carbocycles. The van der Waals surface area contributed by atoms with E-state index >= 15 is 0 Å². The second kappa shape index (κ2) is 6.33. The maximum atomic E-state index is 6.10. The van der Waals surface area contributed by atoms with Crippen molar-refractivity contribution in [1.29, 1.82) is 0 Å². The van der Waals surface area contributed by atoms with Gasteiger partial charge < -0.3 is 10.1 Å². The zero-order valence-corrected chi connectivity index (χ0v) is 12.3. The number of anilines is 1. The molecule has 19 heavy (non-hydrogen) atoms. The first-order valence-corrected chi connectivity index (χ1v) is 7.44. The molecule has 4 nitrogen and oxygen atoms in total. The van der Waals surface area contributed by atoms with Crippen molar-refractivity contribution in [2.24, 2.45) is 0 Å². The summed E-state index contributed by atoms with van der Waals surface area (Å²) in [5, 5.41) is 3.13. The van der Waals surface area contributed by atoms with E-state index in [0.29, 0.717) is 6.61 Å². The largest absolute Gasteiger partial charge is 0.373 e. The van der Waals surface area contributed by atoms with E-state index in [0.717, 1.165) is 36.6 Å². The minimum Gasteiger partial charge on any atom is -0.373 e. The highest BCUT2D eigenvalue weighted by molar-refractivity contribution is 5.36. The molecule has 0 radical (unpaired) electrons. The van der Waals surface area contributed by atoms with Crippen molar-refractivity contribution < 1.29 is 4.74 Å². The molecule has 0 amide bonds. The highest BCUT2D eigenvalue weighted by atomic mass is 16.5. The van der Waals surface area contributed by atoms with Gasteiger partial charge in [-0.15, -0.1) is 0 Å². The highest BCUT2D eigenvalue weighted by Gasteiger charge is 2.37. The van der Waals surface area contributed by atoms with Crippen LogP contribution in [-0.2, 0) is 16.8 Å². The van der Waals surface area contributed by atoms with Crippen molar-refractivity contribution in [2.75, 3.05) is 19.0 Å². The quantitative estimate of drug-likeness (QED) is 0.885. The summed E-state index contributed by atoms with van der Waals surface area (Å²) in [7, 11) is 1.90. The molecular weight excluding hydrogens is 238 g/mol. The van der Waals surface area contributed by atoms with Crippen molar-refractivity contribution >= 4 is 5.82 Å². The smallest absolute Gasteiger partial charge is 0.162 e. The van der Waals surface area contributed by atoms with Crippen molar-refractivity contribution in [3.63, 3.8) is 0 Å². The van der Waals surface area contributed by atoms with Crippen LogP contribution in [0.25, 0.3) is 0 Å². The van der Waals surface area contributed by atoms with Gasteiger partial charge in [-0.05, 0) is 26.2 Å². The second-order valence-electron chi connectivity index (χ2n) is 5.16. The van der Waals surface area contributed by atoms with Crippen molar-refractivity contribution in [3.05, 3.63) is 17.6 Å². The summed E-state index contributed by atoms with van der Waals surface area (Å²) in [6.07, 6.45) is 6.70. The van der Waals surface area contributed by atoms with Gasteiger partial charge in [0, 0.05) is 25.4 Å². The summed E-state index contributed by atoms with van der Waals surface area (Å²) in [5.74, 6) is 1.77. The Bertz CT molecular complexity index is 386. The van der Waals surface area contributed by atoms with Crippen LogP contribution in [0.5, 0.6) is 0 Å². The Balaban J connectivity index is 2.39. The molecule has 1 fully saturated rings. The maximum absolute atomic E-state index is 6.10. The van der Waals surface area contributed by atoms with Crippen LogP contribution < -0.4 is 5.32 Å². The molecule has 106 valence electrons. The van der Waals surface area contributed by atoms with E-state index in [1.165, 1.54) is 19.3 Å². The summed E-state index contributed by atoms with van der Waals surface area (Å²) in [4.78, 5) is 9.41. The van der Waals surface area contributed by atoms with Gasteiger partial charge >= 0.3 is 0 Å². The number of nitrogens with zero attached hydrogens (tertiary/aromatic N) is 2. The summed E-state index contributed by atoms with van der Waals surface area (Å²) in [6.45, 7) is 4.90. The van der Waals surface area contributed by atoms with Crippen LogP contribution in [0.4, 0.5) is 5.82 Å². The molecule has 0 aromatic carbocycles. The zero-order valence-electron chi connectivity index (χ0n) is 12.3. The summed E-state index contributed by atoms with van der Waals surface area (Å²) in [5.41, 5.74) is 0.822. The molecule has 1 aliphatic carbocycles. The minimum atomic E-state index is -0.260. The molecule has 1 heterocycles. The Morgan fingerprint density at radius 1 is 1.21 bits per heavy atom. The lowest BCUT2D eigenvalue weighted by Crippen LogP contribution is -2.35. The Labute approximate surface area is 116 Å². The maximum Gasteiger partial charge on any atom is 0.162 e. The molecule has 0 atom stereocenters. The summed E-state index contributed by atoms with van der Waals surface area (Å²) >= 11 is 0.